The molecule has 0 aromatic heterocycles. The van der Waals surface area contributed by atoms with Crippen molar-refractivity contribution in [2.75, 3.05) is 5.73 Å². The van der Waals surface area contributed by atoms with Gasteiger partial charge in [-0.25, -0.2) is 0 Å². The summed E-state index contributed by atoms with van der Waals surface area (Å²) in [5.41, 5.74) is 8.13. The number of anilines is 1. The molecule has 2 N–H and O–H groups in total. The lowest BCUT2D eigenvalue weighted by Crippen LogP contribution is -2.06. The Morgan fingerprint density at radius 1 is 0.947 bits per heavy atom. The highest BCUT2D eigenvalue weighted by atomic mass is 35.5. The van der Waals surface area contributed by atoms with E-state index in [1.165, 1.54) is 0 Å². The first kappa shape index (κ1) is 13.9. The zero-order chi connectivity index (χ0) is 13.8. The molecule has 2 aromatic carbocycles. The molecule has 0 aliphatic heterocycles. The van der Waals surface area contributed by atoms with Gasteiger partial charge in [0, 0.05) is 18.5 Å². The Bertz CT molecular complexity index is 611. The number of ketones is 1. The highest BCUT2D eigenvalue weighted by Crippen LogP contribution is 2.23. The summed E-state index contributed by atoms with van der Waals surface area (Å²) in [6, 6.07) is 12.6. The maximum atomic E-state index is 12.0. The maximum absolute atomic E-state index is 12.0. The lowest BCUT2D eigenvalue weighted by molar-refractivity contribution is -0.117. The van der Waals surface area contributed by atoms with Gasteiger partial charge in [0.05, 0.1) is 10.0 Å². The molecule has 0 spiro atoms. The molecule has 19 heavy (non-hydrogen) atoms. The van der Waals surface area contributed by atoms with Crippen LogP contribution in [0.15, 0.2) is 42.5 Å². The minimum Gasteiger partial charge on any atom is -0.399 e. The molecule has 0 amide bonds. The minimum absolute atomic E-state index is 0.115. The van der Waals surface area contributed by atoms with Gasteiger partial charge in [0.2, 0.25) is 0 Å². The summed E-state index contributed by atoms with van der Waals surface area (Å²) in [4.78, 5) is 12.0. The molecule has 0 saturated heterocycles. The van der Waals surface area contributed by atoms with Crippen molar-refractivity contribution in [2.45, 2.75) is 12.8 Å². The first-order valence-corrected chi connectivity index (χ1v) is 6.60. The van der Waals surface area contributed by atoms with E-state index in [2.05, 4.69) is 0 Å². The molecule has 0 bridgehead atoms. The van der Waals surface area contributed by atoms with E-state index in [4.69, 9.17) is 28.9 Å². The van der Waals surface area contributed by atoms with E-state index in [0.717, 1.165) is 11.1 Å². The van der Waals surface area contributed by atoms with Gasteiger partial charge in [0.25, 0.3) is 0 Å². The van der Waals surface area contributed by atoms with Crippen molar-refractivity contribution in [3.63, 3.8) is 0 Å². The molecule has 98 valence electrons. The summed E-state index contributed by atoms with van der Waals surface area (Å²) in [6.07, 6.45) is 0.705. The van der Waals surface area contributed by atoms with Crippen molar-refractivity contribution in [1.82, 2.24) is 0 Å². The molecule has 4 heteroatoms. The molecule has 0 heterocycles. The number of hydrogen-bond donors (Lipinski definition) is 1. The Morgan fingerprint density at radius 3 is 2.26 bits per heavy atom. The molecule has 2 rings (SSSR count). The Hall–Kier alpha value is -1.51. The van der Waals surface area contributed by atoms with Crippen LogP contribution in [0.3, 0.4) is 0 Å². The lowest BCUT2D eigenvalue weighted by atomic mass is 10.0. The fourth-order valence-electron chi connectivity index (χ4n) is 1.87. The third kappa shape index (κ3) is 3.98. The Morgan fingerprint density at radius 2 is 1.63 bits per heavy atom. The molecule has 0 aliphatic rings. The van der Waals surface area contributed by atoms with Crippen LogP contribution < -0.4 is 5.73 Å². The van der Waals surface area contributed by atoms with E-state index in [1.54, 1.807) is 18.2 Å². The van der Waals surface area contributed by atoms with E-state index in [9.17, 15) is 4.79 Å². The van der Waals surface area contributed by atoms with Gasteiger partial charge in [0.15, 0.2) is 0 Å². The second-order valence-corrected chi connectivity index (χ2v) is 5.20. The van der Waals surface area contributed by atoms with E-state index >= 15 is 0 Å². The number of nitrogen functional groups attached to an aromatic ring is 1. The maximum Gasteiger partial charge on any atom is 0.141 e. The summed E-state index contributed by atoms with van der Waals surface area (Å²) in [6.45, 7) is 0. The van der Waals surface area contributed by atoms with Gasteiger partial charge in [0.1, 0.15) is 5.78 Å². The van der Waals surface area contributed by atoms with Crippen molar-refractivity contribution < 1.29 is 4.79 Å². The van der Waals surface area contributed by atoms with Crippen LogP contribution in [-0.4, -0.2) is 5.78 Å². The molecule has 0 radical (unpaired) electrons. The normalized spacial score (nSPS) is 10.4. The van der Waals surface area contributed by atoms with Crippen LogP contribution in [0.4, 0.5) is 5.69 Å². The Labute approximate surface area is 122 Å². The van der Waals surface area contributed by atoms with E-state index in [1.807, 2.05) is 24.3 Å². The summed E-state index contributed by atoms with van der Waals surface area (Å²) < 4.78 is 0. The predicted octanol–water partition coefficient (Wildman–Crippen LogP) is 3.93. The van der Waals surface area contributed by atoms with Crippen LogP contribution >= 0.6 is 23.2 Å². The second-order valence-electron chi connectivity index (χ2n) is 4.39. The molecule has 0 saturated carbocycles. The first-order chi connectivity index (χ1) is 9.04. The van der Waals surface area contributed by atoms with E-state index in [-0.39, 0.29) is 5.78 Å². The Kier molecular flexibility index (Phi) is 4.46. The number of rotatable bonds is 4. The molecule has 0 fully saturated rings. The molecular formula is C15H13Cl2NO. The van der Waals surface area contributed by atoms with Gasteiger partial charge in [-0.1, -0.05) is 41.4 Å². The van der Waals surface area contributed by atoms with Crippen molar-refractivity contribution in [3.8, 4) is 0 Å². The smallest absolute Gasteiger partial charge is 0.141 e. The van der Waals surface area contributed by atoms with Crippen LogP contribution in [-0.2, 0) is 17.6 Å². The molecule has 2 nitrogen and oxygen atoms in total. The predicted molar refractivity (Wildman–Crippen MR) is 79.7 cm³/mol. The topological polar surface area (TPSA) is 43.1 Å². The number of hydrogen-bond acceptors (Lipinski definition) is 2. The standard InChI is InChI=1S/C15H13Cl2NO/c16-14-5-4-11(9-15(14)17)8-13(19)7-10-2-1-3-12(18)6-10/h1-6,9H,7-8,18H2. The van der Waals surface area contributed by atoms with E-state index < -0.39 is 0 Å². The van der Waals surface area contributed by atoms with Gasteiger partial charge in [-0.2, -0.15) is 0 Å². The number of Topliss-reactive ketones (excluding diaryl/α,β-unsaturated/α-hetero) is 1. The molecule has 0 atom stereocenters. The number of carbonyl (C=O) groups is 1. The van der Waals surface area contributed by atoms with Crippen LogP contribution in [0.25, 0.3) is 0 Å². The summed E-state index contributed by atoms with van der Waals surface area (Å²) >= 11 is 11.8. The van der Waals surface area contributed by atoms with Crippen LogP contribution in [0.1, 0.15) is 11.1 Å². The number of carbonyl (C=O) groups excluding carboxylic acids is 1. The van der Waals surface area contributed by atoms with Gasteiger partial charge >= 0.3 is 0 Å². The third-order valence-electron chi connectivity index (χ3n) is 2.74. The van der Waals surface area contributed by atoms with Crippen molar-refractivity contribution in [1.29, 1.82) is 0 Å². The van der Waals surface area contributed by atoms with Crippen LogP contribution in [0.5, 0.6) is 0 Å². The zero-order valence-corrected chi connectivity index (χ0v) is 11.7. The highest BCUT2D eigenvalue weighted by molar-refractivity contribution is 6.42. The average molecular weight is 294 g/mol. The fraction of sp³-hybridized carbons (Fsp3) is 0.133. The van der Waals surface area contributed by atoms with Crippen LogP contribution in [0, 0.1) is 0 Å². The minimum atomic E-state index is 0.115. The first-order valence-electron chi connectivity index (χ1n) is 5.84. The van der Waals surface area contributed by atoms with Crippen molar-refractivity contribution in [3.05, 3.63) is 63.6 Å². The summed E-state index contributed by atoms with van der Waals surface area (Å²) in [5, 5.41) is 0.963. The Balaban J connectivity index is 2.03. The monoisotopic (exact) mass is 293 g/mol. The van der Waals surface area contributed by atoms with Gasteiger partial charge < -0.3 is 5.73 Å². The molecule has 0 aliphatic carbocycles. The van der Waals surface area contributed by atoms with Gasteiger partial charge in [-0.3, -0.25) is 4.79 Å². The van der Waals surface area contributed by atoms with Gasteiger partial charge in [-0.15, -0.1) is 0 Å². The number of benzene rings is 2. The SMILES string of the molecule is Nc1cccc(CC(=O)Cc2ccc(Cl)c(Cl)c2)c1. The number of halogens is 2. The molecule has 0 unspecified atom stereocenters. The van der Waals surface area contributed by atoms with Crippen molar-refractivity contribution >= 4 is 34.7 Å². The quantitative estimate of drug-likeness (QED) is 0.868. The summed E-state index contributed by atoms with van der Waals surface area (Å²) in [7, 11) is 0. The van der Waals surface area contributed by atoms with Crippen LogP contribution in [0.2, 0.25) is 10.0 Å². The van der Waals surface area contributed by atoms with E-state index in [0.29, 0.717) is 28.6 Å². The number of nitrogens with two attached hydrogens (primary N) is 1. The largest absolute Gasteiger partial charge is 0.399 e. The second kappa shape index (κ2) is 6.09. The third-order valence-corrected chi connectivity index (χ3v) is 3.48. The highest BCUT2D eigenvalue weighted by Gasteiger charge is 2.07. The zero-order valence-electron chi connectivity index (χ0n) is 10.2. The lowest BCUT2D eigenvalue weighted by Gasteiger charge is -2.04. The van der Waals surface area contributed by atoms with Gasteiger partial charge in [-0.05, 0) is 35.4 Å². The average Bonchev–Trinajstić information content (AvgIpc) is 2.34. The van der Waals surface area contributed by atoms with Crippen molar-refractivity contribution in [2.24, 2.45) is 0 Å². The molecular weight excluding hydrogens is 281 g/mol. The fourth-order valence-corrected chi connectivity index (χ4v) is 2.19. The summed E-state index contributed by atoms with van der Waals surface area (Å²) in [5.74, 6) is 0.115. The molecule has 2 aromatic rings.